The molecule has 7 nitrogen and oxygen atoms in total. The van der Waals surface area contributed by atoms with Gasteiger partial charge in [-0.1, -0.05) is 6.07 Å². The molecule has 162 valence electrons. The molecular weight excluding hydrogens is 397 g/mol. The Hall–Kier alpha value is -3.29. The summed E-state index contributed by atoms with van der Waals surface area (Å²) in [5.41, 5.74) is 7.39. The van der Waals surface area contributed by atoms with Crippen LogP contribution in [0.25, 0.3) is 10.9 Å². The van der Waals surface area contributed by atoms with Crippen molar-refractivity contribution in [2.75, 3.05) is 35.6 Å². The van der Waals surface area contributed by atoms with E-state index in [0.29, 0.717) is 42.2 Å². The van der Waals surface area contributed by atoms with E-state index in [1.54, 1.807) is 13.1 Å². The summed E-state index contributed by atoms with van der Waals surface area (Å²) >= 11 is 0. The molecule has 0 bridgehead atoms. The van der Waals surface area contributed by atoms with E-state index < -0.39 is 5.82 Å². The fraction of sp³-hybridized carbons (Fsp3) is 0.391. The SMILES string of the molecule is Cc1cn(C2CC2)c2c3c(c(F)c(N)c2c1=O)N(CCNc1ccccn1)CC(C)O3. The van der Waals surface area contributed by atoms with E-state index in [9.17, 15) is 4.79 Å². The van der Waals surface area contributed by atoms with Gasteiger partial charge in [-0.25, -0.2) is 9.37 Å². The predicted octanol–water partition coefficient (Wildman–Crippen LogP) is 3.46. The number of nitrogen functional groups attached to an aromatic ring is 1. The van der Waals surface area contributed by atoms with Crippen LogP contribution >= 0.6 is 0 Å². The lowest BCUT2D eigenvalue weighted by Crippen LogP contribution is -2.42. The van der Waals surface area contributed by atoms with E-state index in [0.717, 1.165) is 18.7 Å². The minimum atomic E-state index is -0.586. The summed E-state index contributed by atoms with van der Waals surface area (Å²) in [6, 6.07) is 5.94. The Morgan fingerprint density at radius 3 is 2.87 bits per heavy atom. The molecule has 1 unspecified atom stereocenters. The average Bonchev–Trinajstić information content (AvgIpc) is 3.59. The Bertz CT molecular complexity index is 1210. The van der Waals surface area contributed by atoms with Gasteiger partial charge in [-0.15, -0.1) is 0 Å². The Balaban J connectivity index is 1.61. The van der Waals surface area contributed by atoms with Gasteiger partial charge in [0.25, 0.3) is 0 Å². The van der Waals surface area contributed by atoms with Gasteiger partial charge in [-0.3, -0.25) is 4.79 Å². The van der Waals surface area contributed by atoms with Crippen LogP contribution in [0, 0.1) is 12.7 Å². The van der Waals surface area contributed by atoms with E-state index in [2.05, 4.69) is 14.9 Å². The molecule has 1 fully saturated rings. The van der Waals surface area contributed by atoms with E-state index >= 15 is 4.39 Å². The smallest absolute Gasteiger partial charge is 0.194 e. The monoisotopic (exact) mass is 423 g/mol. The summed E-state index contributed by atoms with van der Waals surface area (Å²) in [4.78, 5) is 19.1. The van der Waals surface area contributed by atoms with Crippen LogP contribution in [0.3, 0.4) is 0 Å². The van der Waals surface area contributed by atoms with Gasteiger partial charge in [0.1, 0.15) is 17.6 Å². The fourth-order valence-electron chi connectivity index (χ4n) is 4.36. The Labute approximate surface area is 179 Å². The van der Waals surface area contributed by atoms with Crippen molar-refractivity contribution in [1.29, 1.82) is 0 Å². The molecule has 3 heterocycles. The highest BCUT2D eigenvalue weighted by Crippen LogP contribution is 2.47. The molecule has 0 amide bonds. The number of nitrogens with two attached hydrogens (primary N) is 1. The first-order valence-corrected chi connectivity index (χ1v) is 10.7. The maximum Gasteiger partial charge on any atom is 0.194 e. The number of fused-ring (bicyclic) bond motifs is 3. The lowest BCUT2D eigenvalue weighted by atomic mass is 10.0. The van der Waals surface area contributed by atoms with Crippen LogP contribution in [0.15, 0.2) is 35.4 Å². The molecule has 1 saturated carbocycles. The van der Waals surface area contributed by atoms with Crippen LogP contribution in [0.5, 0.6) is 5.75 Å². The maximum absolute atomic E-state index is 15.6. The molecule has 2 aromatic heterocycles. The zero-order valence-corrected chi connectivity index (χ0v) is 17.7. The molecule has 3 aromatic rings. The second kappa shape index (κ2) is 7.44. The van der Waals surface area contributed by atoms with Gasteiger partial charge in [0, 0.05) is 37.1 Å². The third-order valence-electron chi connectivity index (χ3n) is 5.96. The van der Waals surface area contributed by atoms with Gasteiger partial charge in [0.15, 0.2) is 17.0 Å². The second-order valence-corrected chi connectivity index (χ2v) is 8.42. The molecule has 31 heavy (non-hydrogen) atoms. The van der Waals surface area contributed by atoms with Crippen LogP contribution in [-0.4, -0.2) is 35.3 Å². The molecule has 1 atom stereocenters. The molecule has 8 heteroatoms. The standard InChI is InChI=1S/C23H26FN5O2/c1-13-11-29(15-6-7-15)20-17(22(13)30)19(25)18(24)21-23(20)31-14(2)12-28(21)10-9-27-16-5-3-4-8-26-16/h3-5,8,11,14-15H,6-7,9-10,12,25H2,1-2H3,(H,26,27). The highest BCUT2D eigenvalue weighted by molar-refractivity contribution is 6.00. The minimum Gasteiger partial charge on any atom is -0.484 e. The number of rotatable bonds is 5. The highest BCUT2D eigenvalue weighted by atomic mass is 19.1. The maximum atomic E-state index is 15.6. The predicted molar refractivity (Wildman–Crippen MR) is 121 cm³/mol. The van der Waals surface area contributed by atoms with Crippen molar-refractivity contribution >= 4 is 28.1 Å². The van der Waals surface area contributed by atoms with Crippen molar-refractivity contribution < 1.29 is 9.13 Å². The molecule has 1 aliphatic heterocycles. The van der Waals surface area contributed by atoms with Crippen LogP contribution in [0.4, 0.5) is 21.6 Å². The van der Waals surface area contributed by atoms with Gasteiger partial charge in [-0.05, 0) is 38.8 Å². The number of nitrogens with zero attached hydrogens (tertiary/aromatic N) is 3. The first-order valence-electron chi connectivity index (χ1n) is 10.7. The van der Waals surface area contributed by atoms with Gasteiger partial charge < -0.3 is 25.3 Å². The van der Waals surface area contributed by atoms with Crippen LogP contribution in [-0.2, 0) is 0 Å². The zero-order valence-electron chi connectivity index (χ0n) is 17.7. The first kappa shape index (κ1) is 19.7. The van der Waals surface area contributed by atoms with Gasteiger partial charge >= 0.3 is 0 Å². The topological polar surface area (TPSA) is 85.4 Å². The highest BCUT2D eigenvalue weighted by Gasteiger charge is 2.35. The van der Waals surface area contributed by atoms with E-state index in [1.807, 2.05) is 36.2 Å². The normalized spacial score (nSPS) is 18.0. The summed E-state index contributed by atoms with van der Waals surface area (Å²) in [5, 5.41) is 3.49. The summed E-state index contributed by atoms with van der Waals surface area (Å²) in [5.74, 6) is 0.597. The van der Waals surface area contributed by atoms with Crippen molar-refractivity contribution in [2.45, 2.75) is 38.8 Å². The third-order valence-corrected chi connectivity index (χ3v) is 5.96. The van der Waals surface area contributed by atoms with Crippen LogP contribution in [0.2, 0.25) is 0 Å². The molecule has 3 N–H and O–H groups in total. The summed E-state index contributed by atoms with van der Waals surface area (Å²) in [6.07, 6.45) is 5.47. The quantitative estimate of drug-likeness (QED) is 0.612. The van der Waals surface area contributed by atoms with E-state index in [1.165, 1.54) is 0 Å². The number of hydrogen-bond acceptors (Lipinski definition) is 6. The lowest BCUT2D eigenvalue weighted by Gasteiger charge is -2.36. The number of halogens is 1. The Morgan fingerprint density at radius 2 is 2.16 bits per heavy atom. The van der Waals surface area contributed by atoms with E-state index in [4.69, 9.17) is 10.5 Å². The summed E-state index contributed by atoms with van der Waals surface area (Å²) in [6.45, 7) is 5.34. The molecule has 0 spiro atoms. The number of aromatic nitrogens is 2. The van der Waals surface area contributed by atoms with Crippen molar-refractivity contribution in [3.63, 3.8) is 0 Å². The zero-order chi connectivity index (χ0) is 21.7. The third kappa shape index (κ3) is 3.36. The van der Waals surface area contributed by atoms with E-state index in [-0.39, 0.29) is 28.6 Å². The van der Waals surface area contributed by atoms with Crippen molar-refractivity contribution in [3.8, 4) is 5.75 Å². The van der Waals surface area contributed by atoms with Gasteiger partial charge in [0.2, 0.25) is 0 Å². The molecule has 2 aliphatic rings. The summed E-state index contributed by atoms with van der Waals surface area (Å²) < 4.78 is 23.8. The first-order chi connectivity index (χ1) is 15.0. The van der Waals surface area contributed by atoms with Crippen LogP contribution < -0.4 is 26.1 Å². The van der Waals surface area contributed by atoms with Crippen molar-refractivity contribution in [1.82, 2.24) is 9.55 Å². The molecule has 1 aliphatic carbocycles. The number of aryl methyl sites for hydroxylation is 1. The number of hydrogen-bond donors (Lipinski definition) is 2. The molecule has 1 aromatic carbocycles. The number of anilines is 3. The van der Waals surface area contributed by atoms with Crippen LogP contribution in [0.1, 0.15) is 31.4 Å². The lowest BCUT2D eigenvalue weighted by molar-refractivity contribution is 0.213. The molecule has 5 rings (SSSR count). The largest absolute Gasteiger partial charge is 0.484 e. The Morgan fingerprint density at radius 1 is 1.35 bits per heavy atom. The number of nitrogens with one attached hydrogen (secondary N) is 1. The molecule has 0 radical (unpaired) electrons. The summed E-state index contributed by atoms with van der Waals surface area (Å²) in [7, 11) is 0. The Kier molecular flexibility index (Phi) is 4.72. The second-order valence-electron chi connectivity index (χ2n) is 8.42. The van der Waals surface area contributed by atoms with Crippen molar-refractivity contribution in [3.05, 3.63) is 52.2 Å². The average molecular weight is 423 g/mol. The van der Waals surface area contributed by atoms with Gasteiger partial charge in [0.05, 0.1) is 23.1 Å². The van der Waals surface area contributed by atoms with Gasteiger partial charge in [-0.2, -0.15) is 0 Å². The number of pyridine rings is 2. The number of benzene rings is 1. The minimum absolute atomic E-state index is 0.0994. The molecule has 0 saturated heterocycles. The van der Waals surface area contributed by atoms with Crippen molar-refractivity contribution in [2.24, 2.45) is 0 Å². The fourth-order valence-corrected chi connectivity index (χ4v) is 4.36. The number of ether oxygens (including phenoxy) is 1. The molecular formula is C23H26FN5O2.